The van der Waals surface area contributed by atoms with Gasteiger partial charge in [-0.25, -0.2) is 4.79 Å². The molecule has 1 unspecified atom stereocenters. The van der Waals surface area contributed by atoms with E-state index in [1.807, 2.05) is 0 Å². The third kappa shape index (κ3) is 2.78. The summed E-state index contributed by atoms with van der Waals surface area (Å²) in [5.74, 6) is -2.34. The highest BCUT2D eigenvalue weighted by atomic mass is 16.7. The topological polar surface area (TPSA) is 92.8 Å². The number of hydrogen-bond donors (Lipinski definition) is 1. The predicted octanol–water partition coefficient (Wildman–Crippen LogP) is -0.882. The SMILES string of the molecule is CC(=O)NC(C)C(=O)ON1C(=O)CCC1=O. The van der Waals surface area contributed by atoms with Gasteiger partial charge in [-0.1, -0.05) is 0 Å². The fourth-order valence-electron chi connectivity index (χ4n) is 1.19. The summed E-state index contributed by atoms with van der Waals surface area (Å²) in [6, 6.07) is -0.904. The van der Waals surface area contributed by atoms with E-state index in [0.717, 1.165) is 0 Å². The lowest BCUT2D eigenvalue weighted by Gasteiger charge is -2.16. The van der Waals surface area contributed by atoms with Crippen molar-refractivity contribution in [1.29, 1.82) is 0 Å². The third-order valence-corrected chi connectivity index (χ3v) is 1.96. The molecule has 7 nitrogen and oxygen atoms in total. The summed E-state index contributed by atoms with van der Waals surface area (Å²) in [6.45, 7) is 2.64. The second-order valence-corrected chi connectivity index (χ2v) is 3.41. The van der Waals surface area contributed by atoms with Crippen molar-refractivity contribution in [2.45, 2.75) is 32.7 Å². The van der Waals surface area contributed by atoms with Gasteiger partial charge in [0.15, 0.2) is 0 Å². The smallest absolute Gasteiger partial charge is 0.343 e. The molecular weight excluding hydrogens is 216 g/mol. The Labute approximate surface area is 91.7 Å². The monoisotopic (exact) mass is 228 g/mol. The molecule has 0 radical (unpaired) electrons. The van der Waals surface area contributed by atoms with E-state index in [1.165, 1.54) is 13.8 Å². The van der Waals surface area contributed by atoms with Gasteiger partial charge in [0.1, 0.15) is 6.04 Å². The standard InChI is InChI=1S/C9H12N2O5/c1-5(10-6(2)12)9(15)16-11-7(13)3-4-8(11)14/h5H,3-4H2,1-2H3,(H,10,12). The van der Waals surface area contributed by atoms with Crippen molar-refractivity contribution < 1.29 is 24.0 Å². The number of hydroxylamine groups is 2. The quantitative estimate of drug-likeness (QED) is 0.633. The molecular formula is C9H12N2O5. The van der Waals surface area contributed by atoms with Crippen LogP contribution >= 0.6 is 0 Å². The van der Waals surface area contributed by atoms with Crippen LogP contribution in [-0.4, -0.2) is 34.8 Å². The largest absolute Gasteiger partial charge is 0.354 e. The lowest BCUT2D eigenvalue weighted by molar-refractivity contribution is -0.198. The number of carbonyl (C=O) groups is 4. The van der Waals surface area contributed by atoms with Crippen molar-refractivity contribution in [3.63, 3.8) is 0 Å². The van der Waals surface area contributed by atoms with Gasteiger partial charge >= 0.3 is 5.97 Å². The maximum atomic E-state index is 11.3. The Balaban J connectivity index is 2.53. The lowest BCUT2D eigenvalue weighted by atomic mass is 10.3. The Bertz CT molecular complexity index is 336. The Morgan fingerprint density at radius 3 is 2.25 bits per heavy atom. The van der Waals surface area contributed by atoms with Crippen LogP contribution in [0.1, 0.15) is 26.7 Å². The van der Waals surface area contributed by atoms with Crippen LogP contribution in [0.4, 0.5) is 0 Å². The first kappa shape index (κ1) is 12.2. The van der Waals surface area contributed by atoms with E-state index in [0.29, 0.717) is 5.06 Å². The number of hydrogen-bond acceptors (Lipinski definition) is 5. The van der Waals surface area contributed by atoms with Gasteiger partial charge in [0, 0.05) is 19.8 Å². The van der Waals surface area contributed by atoms with Gasteiger partial charge in [-0.05, 0) is 6.92 Å². The molecule has 1 N–H and O–H groups in total. The molecule has 1 heterocycles. The summed E-state index contributed by atoms with van der Waals surface area (Å²) in [4.78, 5) is 48.8. The molecule has 0 aromatic carbocycles. The first-order valence-electron chi connectivity index (χ1n) is 4.76. The van der Waals surface area contributed by atoms with Crippen LogP contribution in [0.25, 0.3) is 0 Å². The normalized spacial score (nSPS) is 17.2. The minimum Gasteiger partial charge on any atom is -0.343 e. The zero-order chi connectivity index (χ0) is 12.3. The van der Waals surface area contributed by atoms with Crippen molar-refractivity contribution >= 4 is 23.7 Å². The molecule has 1 rings (SSSR count). The summed E-state index contributed by atoms with van der Waals surface area (Å²) in [7, 11) is 0. The van der Waals surface area contributed by atoms with Gasteiger partial charge in [-0.15, -0.1) is 5.06 Å². The highest BCUT2D eigenvalue weighted by Crippen LogP contribution is 2.12. The summed E-state index contributed by atoms with van der Waals surface area (Å²) >= 11 is 0. The van der Waals surface area contributed by atoms with Crippen LogP contribution in [-0.2, 0) is 24.0 Å². The van der Waals surface area contributed by atoms with Gasteiger partial charge in [0.05, 0.1) is 0 Å². The van der Waals surface area contributed by atoms with Gasteiger partial charge < -0.3 is 10.2 Å². The van der Waals surface area contributed by atoms with Gasteiger partial charge in [0.2, 0.25) is 5.91 Å². The minimum absolute atomic E-state index is 0.0423. The highest BCUT2D eigenvalue weighted by molar-refractivity contribution is 6.01. The van der Waals surface area contributed by atoms with Crippen molar-refractivity contribution in [2.75, 3.05) is 0 Å². The Morgan fingerprint density at radius 2 is 1.81 bits per heavy atom. The van der Waals surface area contributed by atoms with Crippen LogP contribution < -0.4 is 5.32 Å². The van der Waals surface area contributed by atoms with Crippen LogP contribution in [0, 0.1) is 0 Å². The summed E-state index contributed by atoms with van der Waals surface area (Å²) in [6.07, 6.45) is 0.0846. The highest BCUT2D eigenvalue weighted by Gasteiger charge is 2.34. The number of amides is 3. The molecule has 1 atom stereocenters. The zero-order valence-corrected chi connectivity index (χ0v) is 8.98. The van der Waals surface area contributed by atoms with Crippen molar-refractivity contribution in [3.05, 3.63) is 0 Å². The Hall–Kier alpha value is -1.92. The van der Waals surface area contributed by atoms with E-state index in [9.17, 15) is 19.2 Å². The maximum Gasteiger partial charge on any atom is 0.354 e. The predicted molar refractivity (Wildman–Crippen MR) is 50.5 cm³/mol. The van der Waals surface area contributed by atoms with Crippen molar-refractivity contribution in [1.82, 2.24) is 10.4 Å². The van der Waals surface area contributed by atoms with Crippen molar-refractivity contribution in [3.8, 4) is 0 Å². The van der Waals surface area contributed by atoms with Crippen molar-refractivity contribution in [2.24, 2.45) is 0 Å². The third-order valence-electron chi connectivity index (χ3n) is 1.96. The fraction of sp³-hybridized carbons (Fsp3) is 0.556. The van der Waals surface area contributed by atoms with E-state index in [4.69, 9.17) is 0 Å². The van der Waals surface area contributed by atoms with E-state index in [2.05, 4.69) is 10.2 Å². The number of carbonyl (C=O) groups excluding carboxylic acids is 4. The number of nitrogens with zero attached hydrogens (tertiary/aromatic N) is 1. The van der Waals surface area contributed by atoms with Gasteiger partial charge in [-0.3, -0.25) is 14.4 Å². The summed E-state index contributed by atoms with van der Waals surface area (Å²) in [5.41, 5.74) is 0. The second-order valence-electron chi connectivity index (χ2n) is 3.41. The maximum absolute atomic E-state index is 11.3. The molecule has 1 fully saturated rings. The van der Waals surface area contributed by atoms with Gasteiger partial charge in [0.25, 0.3) is 11.8 Å². The number of nitrogens with one attached hydrogen (secondary N) is 1. The molecule has 1 aliphatic heterocycles. The number of rotatable bonds is 3. The van der Waals surface area contributed by atoms with E-state index >= 15 is 0 Å². The molecule has 3 amide bonds. The molecule has 16 heavy (non-hydrogen) atoms. The molecule has 0 bridgehead atoms. The van der Waals surface area contributed by atoms with Crippen LogP contribution in [0.2, 0.25) is 0 Å². The second kappa shape index (κ2) is 4.73. The molecule has 0 aromatic heterocycles. The van der Waals surface area contributed by atoms with Gasteiger partial charge in [-0.2, -0.15) is 0 Å². The Morgan fingerprint density at radius 1 is 1.31 bits per heavy atom. The van der Waals surface area contributed by atoms with E-state index in [1.54, 1.807) is 0 Å². The van der Waals surface area contributed by atoms with E-state index < -0.39 is 29.7 Å². The minimum atomic E-state index is -0.904. The molecule has 1 saturated heterocycles. The average Bonchev–Trinajstić information content (AvgIpc) is 2.48. The molecule has 1 aliphatic rings. The molecule has 88 valence electrons. The first-order chi connectivity index (χ1) is 7.41. The van der Waals surface area contributed by atoms with Crippen LogP contribution in [0.15, 0.2) is 0 Å². The zero-order valence-electron chi connectivity index (χ0n) is 8.98. The molecule has 0 saturated carbocycles. The summed E-state index contributed by atoms with van der Waals surface area (Å²) < 4.78 is 0. The average molecular weight is 228 g/mol. The fourth-order valence-corrected chi connectivity index (χ4v) is 1.19. The molecule has 0 aromatic rings. The molecule has 0 spiro atoms. The van der Waals surface area contributed by atoms with E-state index in [-0.39, 0.29) is 12.8 Å². The lowest BCUT2D eigenvalue weighted by Crippen LogP contribution is -2.42. The molecule has 0 aliphatic carbocycles. The van der Waals surface area contributed by atoms with Crippen LogP contribution in [0.5, 0.6) is 0 Å². The molecule has 7 heteroatoms. The van der Waals surface area contributed by atoms with Crippen LogP contribution in [0.3, 0.4) is 0 Å². The first-order valence-corrected chi connectivity index (χ1v) is 4.76. The Kier molecular flexibility index (Phi) is 3.60. The summed E-state index contributed by atoms with van der Waals surface area (Å²) in [5, 5.41) is 2.73. The number of imide groups is 1.